The van der Waals surface area contributed by atoms with Crippen LogP contribution in [-0.2, 0) is 18.6 Å². The molecule has 0 saturated heterocycles. The molecule has 0 heterocycles. The molecule has 0 aromatic carbocycles. The summed E-state index contributed by atoms with van der Waals surface area (Å²) in [6, 6.07) is 0. The van der Waals surface area contributed by atoms with Crippen LogP contribution in [0.4, 0.5) is 0 Å². The van der Waals surface area contributed by atoms with Gasteiger partial charge in [-0.1, -0.05) is 0 Å². The van der Waals surface area contributed by atoms with Crippen molar-refractivity contribution in [2.45, 2.75) is 0 Å². The van der Waals surface area contributed by atoms with Crippen LogP contribution in [0.2, 0.25) is 0 Å². The first kappa shape index (κ1) is 1200. The predicted octanol–water partition coefficient (Wildman–Crippen LogP) is -2.53. The van der Waals surface area contributed by atoms with E-state index in [1.165, 1.54) is 0 Å². The number of rotatable bonds is 0. The van der Waals surface area contributed by atoms with Crippen molar-refractivity contribution in [3.8, 4) is 0 Å². The fraction of sp³-hybridized carbons (Fsp3) is 0. The first-order chi connectivity index (χ1) is 0. The summed E-state index contributed by atoms with van der Waals surface area (Å²) in [6.45, 7) is 0. The van der Waals surface area contributed by atoms with Crippen molar-refractivity contribution in [3.63, 3.8) is 0 Å². The van der Waals surface area contributed by atoms with Gasteiger partial charge in [0.05, 0.1) is 0 Å². The van der Waals surface area contributed by atoms with Crippen LogP contribution < -0.4 is 0 Å². The normalized spacial score (nSPS) is 0. The molecule has 0 spiro atoms. The van der Waals surface area contributed by atoms with Crippen LogP contribution in [0.3, 0.4) is 0 Å². The fourth-order valence-electron chi connectivity index (χ4n) is 0. The van der Waals surface area contributed by atoms with Crippen LogP contribution in [0.15, 0.2) is 0 Å². The van der Waals surface area contributed by atoms with Crippen molar-refractivity contribution in [1.29, 1.82) is 0 Å². The van der Waals surface area contributed by atoms with Gasteiger partial charge in [-0.2, -0.15) is 0 Å². The van der Waals surface area contributed by atoms with Gasteiger partial charge in [-0.25, -0.2) is 0 Å². The Labute approximate surface area is 113 Å². The second kappa shape index (κ2) is 955. The van der Waals surface area contributed by atoms with Crippen molar-refractivity contribution in [3.05, 3.63) is 0 Å². The predicted molar refractivity (Wildman–Crippen MR) is 30.9 cm³/mol. The van der Waals surface area contributed by atoms with E-state index in [0.717, 1.165) is 0 Å². The Kier molecular flexibility index (Phi) is 87900. The second-order valence-electron chi connectivity index (χ2n) is 0. The third-order valence-electron chi connectivity index (χ3n) is 0. The monoisotopic (exact) mass is 272 g/mol. The summed E-state index contributed by atoms with van der Waals surface area (Å²) in [5.41, 5.74) is 0. The van der Waals surface area contributed by atoms with Gasteiger partial charge in [-0.3, -0.25) is 0 Å². The minimum absolute atomic E-state index is 0. The van der Waals surface area contributed by atoms with Gasteiger partial charge in [-0.05, 0) is 0 Å². The van der Waals surface area contributed by atoms with E-state index in [0.29, 0.717) is 0 Å². The summed E-state index contributed by atoms with van der Waals surface area (Å²) in [6.07, 6.45) is 0. The van der Waals surface area contributed by atoms with Gasteiger partial charge < -0.3 is 54.8 Å². The third-order valence-corrected chi connectivity index (χ3v) is 0. The van der Waals surface area contributed by atoms with Gasteiger partial charge in [0.1, 0.15) is 0 Å². The minimum Gasteiger partial charge on any atom is -0.870 e. The average molecular weight is 272 g/mol. The molecule has 0 amide bonds. The molecule has 80 valence electrons. The van der Waals surface area contributed by atoms with E-state index in [1.807, 2.05) is 0 Å². The van der Waals surface area contributed by atoms with Crippen molar-refractivity contribution < 1.29 is 73.3 Å². The first-order valence-corrected chi connectivity index (χ1v) is 0. The molecule has 0 aliphatic rings. The Balaban J connectivity index is 0. The Morgan fingerprint density at radius 3 is 0.308 bits per heavy atom. The van der Waals surface area contributed by atoms with E-state index in [-0.39, 0.29) is 114 Å². The average Bonchev–Trinajstić information content (AvgIpc) is 0. The molecule has 0 aromatic rings. The van der Waals surface area contributed by atoms with Crippen LogP contribution in [0, 0.1) is 0 Å². The molecule has 13 heavy (non-hydrogen) atoms. The standard InChI is InChI=1S/Al.Mg.10H2O.V/h;;10*1H2;/q+3;+2;;;;;;;;;;;+5/p-10. The van der Waals surface area contributed by atoms with Crippen LogP contribution in [0.25, 0.3) is 0 Å². The van der Waals surface area contributed by atoms with E-state index in [9.17, 15) is 0 Å². The quantitative estimate of drug-likeness (QED) is 0.415. The molecule has 13 heteroatoms. The minimum atomic E-state index is 0. The molecule has 0 rings (SSSR count). The third kappa shape index (κ3) is 808. The van der Waals surface area contributed by atoms with Crippen molar-refractivity contribution >= 4 is 40.4 Å². The molecule has 0 saturated carbocycles. The van der Waals surface area contributed by atoms with Crippen LogP contribution in [-0.4, -0.2) is 95.2 Å². The van der Waals surface area contributed by atoms with Gasteiger partial charge in [0.15, 0.2) is 0 Å². The smallest absolute Gasteiger partial charge is 0.870 e. The molecule has 0 aliphatic heterocycles. The fourth-order valence-corrected chi connectivity index (χ4v) is 0. The maximum atomic E-state index is 0. The van der Waals surface area contributed by atoms with E-state index in [4.69, 9.17) is 0 Å². The molecule has 0 fully saturated rings. The summed E-state index contributed by atoms with van der Waals surface area (Å²) in [5, 5.41) is 0. The van der Waals surface area contributed by atoms with Crippen LogP contribution in [0.5, 0.6) is 0 Å². The molecular formula is H10AlMgO10V. The Hall–Kier alpha value is 1.48. The Morgan fingerprint density at radius 1 is 0.308 bits per heavy atom. The van der Waals surface area contributed by atoms with E-state index < -0.39 is 0 Å². The zero-order valence-corrected chi connectivity index (χ0v) is 10.2. The molecular weight excluding hydrogens is 262 g/mol. The van der Waals surface area contributed by atoms with E-state index in [2.05, 4.69) is 0 Å². The zero-order chi connectivity index (χ0) is 0. The van der Waals surface area contributed by atoms with Gasteiger partial charge in [-0.15, -0.1) is 0 Å². The molecule has 0 atom stereocenters. The van der Waals surface area contributed by atoms with Gasteiger partial charge >= 0.3 is 59.0 Å². The topological polar surface area (TPSA) is 300 Å². The number of hydrogen-bond donors (Lipinski definition) is 0. The van der Waals surface area contributed by atoms with Crippen molar-refractivity contribution in [1.82, 2.24) is 0 Å². The maximum Gasteiger partial charge on any atom is 5.00 e. The van der Waals surface area contributed by atoms with Crippen molar-refractivity contribution in [2.24, 2.45) is 0 Å². The maximum absolute atomic E-state index is 0. The summed E-state index contributed by atoms with van der Waals surface area (Å²) in [5.74, 6) is 0. The Morgan fingerprint density at radius 2 is 0.308 bits per heavy atom. The Bertz CT molecular complexity index is 14.9. The number of hydrogen-bond acceptors (Lipinski definition) is 10. The largest absolute Gasteiger partial charge is 5.00 e. The SMILES string of the molecule is [Al+3].[Mg+2].[OH-].[OH-].[OH-].[OH-].[OH-].[OH-].[OH-].[OH-].[OH-].[OH-].[V+5]. The summed E-state index contributed by atoms with van der Waals surface area (Å²) in [4.78, 5) is 0. The van der Waals surface area contributed by atoms with E-state index >= 15 is 0 Å². The molecule has 10 N–H and O–H groups in total. The first-order valence-electron chi connectivity index (χ1n) is 0. The molecule has 0 aromatic heterocycles. The summed E-state index contributed by atoms with van der Waals surface area (Å²) >= 11 is 0. The molecule has 0 bridgehead atoms. The molecule has 0 radical (unpaired) electrons. The second-order valence-corrected chi connectivity index (χ2v) is 0. The van der Waals surface area contributed by atoms with Gasteiger partial charge in [0, 0.05) is 0 Å². The summed E-state index contributed by atoms with van der Waals surface area (Å²) < 4.78 is 0. The molecule has 0 aliphatic carbocycles. The zero-order valence-electron chi connectivity index (χ0n) is 6.20. The van der Waals surface area contributed by atoms with Gasteiger partial charge in [0.2, 0.25) is 0 Å². The van der Waals surface area contributed by atoms with E-state index in [1.54, 1.807) is 0 Å². The van der Waals surface area contributed by atoms with Crippen LogP contribution >= 0.6 is 0 Å². The van der Waals surface area contributed by atoms with Crippen LogP contribution in [0.1, 0.15) is 0 Å². The molecule has 0 unspecified atom stereocenters. The summed E-state index contributed by atoms with van der Waals surface area (Å²) in [7, 11) is 0. The van der Waals surface area contributed by atoms with Gasteiger partial charge in [0.25, 0.3) is 0 Å². The van der Waals surface area contributed by atoms with Crippen molar-refractivity contribution in [2.75, 3.05) is 0 Å². The molecule has 10 nitrogen and oxygen atoms in total.